The third kappa shape index (κ3) is 3.14. The minimum Gasteiger partial charge on any atom is -0.324 e. The van der Waals surface area contributed by atoms with E-state index in [1.807, 2.05) is 29.8 Å². The Hall–Kier alpha value is -1.39. The minimum atomic E-state index is -0.160. The molecule has 0 saturated carbocycles. The fourth-order valence-corrected chi connectivity index (χ4v) is 2.37. The second-order valence-corrected chi connectivity index (χ2v) is 5.07. The van der Waals surface area contributed by atoms with Gasteiger partial charge in [0.25, 0.3) is 0 Å². The average Bonchev–Trinajstić information content (AvgIpc) is 2.80. The Morgan fingerprint density at radius 2 is 2.21 bits per heavy atom. The van der Waals surface area contributed by atoms with Gasteiger partial charge >= 0.3 is 0 Å². The Morgan fingerprint density at radius 3 is 2.95 bits per heavy atom. The predicted octanol–water partition coefficient (Wildman–Crippen LogP) is 2.89. The summed E-state index contributed by atoms with van der Waals surface area (Å²) in [5, 5.41) is 4.96. The van der Waals surface area contributed by atoms with Gasteiger partial charge in [0.15, 0.2) is 0 Å². The molecule has 1 aromatic heterocycles. The van der Waals surface area contributed by atoms with Crippen LogP contribution in [-0.2, 0) is 13.0 Å². The highest BCUT2D eigenvalue weighted by Crippen LogP contribution is 2.26. The van der Waals surface area contributed by atoms with E-state index < -0.39 is 0 Å². The lowest BCUT2D eigenvalue weighted by atomic mass is 10.0. The Balaban J connectivity index is 2.18. The first-order chi connectivity index (χ1) is 9.13. The quantitative estimate of drug-likeness (QED) is 0.915. The first kappa shape index (κ1) is 14.0. The SMILES string of the molecule is CCCn1ncnc1CC(N)c1cccc(C)c1Cl. The predicted molar refractivity (Wildman–Crippen MR) is 77.1 cm³/mol. The second-order valence-electron chi connectivity index (χ2n) is 4.69. The van der Waals surface area contributed by atoms with Gasteiger partial charge in [-0.1, -0.05) is 36.7 Å². The first-order valence-electron chi connectivity index (χ1n) is 6.50. The maximum atomic E-state index is 6.31. The molecule has 0 radical (unpaired) electrons. The van der Waals surface area contributed by atoms with Crippen molar-refractivity contribution in [2.24, 2.45) is 5.73 Å². The van der Waals surface area contributed by atoms with Crippen LogP contribution >= 0.6 is 11.6 Å². The van der Waals surface area contributed by atoms with Crippen molar-refractivity contribution in [3.05, 3.63) is 46.5 Å². The number of nitrogens with zero attached hydrogens (tertiary/aromatic N) is 3. The summed E-state index contributed by atoms with van der Waals surface area (Å²) in [6.45, 7) is 4.96. The zero-order valence-electron chi connectivity index (χ0n) is 11.3. The van der Waals surface area contributed by atoms with E-state index in [2.05, 4.69) is 17.0 Å². The fraction of sp³-hybridized carbons (Fsp3) is 0.429. The number of benzene rings is 1. The molecule has 1 unspecified atom stereocenters. The van der Waals surface area contributed by atoms with Crippen LogP contribution in [0.25, 0.3) is 0 Å². The monoisotopic (exact) mass is 278 g/mol. The van der Waals surface area contributed by atoms with Gasteiger partial charge in [-0.15, -0.1) is 0 Å². The van der Waals surface area contributed by atoms with Crippen molar-refractivity contribution < 1.29 is 0 Å². The molecule has 0 aliphatic heterocycles. The second kappa shape index (κ2) is 6.17. The molecule has 2 rings (SSSR count). The summed E-state index contributed by atoms with van der Waals surface area (Å²) < 4.78 is 1.91. The van der Waals surface area contributed by atoms with Gasteiger partial charge in [-0.3, -0.25) is 4.68 Å². The summed E-state index contributed by atoms with van der Waals surface area (Å²) in [4.78, 5) is 4.28. The van der Waals surface area contributed by atoms with E-state index in [0.717, 1.165) is 34.9 Å². The van der Waals surface area contributed by atoms with Crippen molar-refractivity contribution in [3.63, 3.8) is 0 Å². The van der Waals surface area contributed by atoms with Crippen molar-refractivity contribution in [3.8, 4) is 0 Å². The third-order valence-corrected chi connectivity index (χ3v) is 3.67. The molecular formula is C14H19ClN4. The molecule has 4 nitrogen and oxygen atoms in total. The summed E-state index contributed by atoms with van der Waals surface area (Å²) in [5.74, 6) is 0.909. The molecule has 0 aliphatic rings. The molecule has 102 valence electrons. The zero-order valence-corrected chi connectivity index (χ0v) is 12.1. The largest absolute Gasteiger partial charge is 0.324 e. The van der Waals surface area contributed by atoms with E-state index in [-0.39, 0.29) is 6.04 Å². The van der Waals surface area contributed by atoms with Gasteiger partial charge in [0.2, 0.25) is 0 Å². The van der Waals surface area contributed by atoms with Gasteiger partial charge < -0.3 is 5.73 Å². The molecule has 0 fully saturated rings. The van der Waals surface area contributed by atoms with E-state index in [4.69, 9.17) is 17.3 Å². The first-order valence-corrected chi connectivity index (χ1v) is 6.88. The highest BCUT2D eigenvalue weighted by atomic mass is 35.5. The van der Waals surface area contributed by atoms with Gasteiger partial charge in [0, 0.05) is 24.0 Å². The van der Waals surface area contributed by atoms with Crippen molar-refractivity contribution in [1.29, 1.82) is 0 Å². The van der Waals surface area contributed by atoms with E-state index in [0.29, 0.717) is 6.42 Å². The van der Waals surface area contributed by atoms with E-state index >= 15 is 0 Å². The summed E-state index contributed by atoms with van der Waals surface area (Å²) in [6, 6.07) is 5.78. The van der Waals surface area contributed by atoms with Crippen LogP contribution in [0.1, 0.15) is 36.3 Å². The molecule has 1 atom stereocenters. The lowest BCUT2D eigenvalue weighted by Gasteiger charge is -2.15. The van der Waals surface area contributed by atoms with Crippen LogP contribution in [0.2, 0.25) is 5.02 Å². The Morgan fingerprint density at radius 1 is 1.42 bits per heavy atom. The Kier molecular flexibility index (Phi) is 4.56. The lowest BCUT2D eigenvalue weighted by molar-refractivity contribution is 0.548. The highest BCUT2D eigenvalue weighted by Gasteiger charge is 2.15. The highest BCUT2D eigenvalue weighted by molar-refractivity contribution is 6.32. The number of aromatic nitrogens is 3. The summed E-state index contributed by atoms with van der Waals surface area (Å²) in [6.07, 6.45) is 3.25. The van der Waals surface area contributed by atoms with Crippen LogP contribution < -0.4 is 5.73 Å². The summed E-state index contributed by atoms with van der Waals surface area (Å²) in [5.41, 5.74) is 8.27. The molecule has 5 heteroatoms. The van der Waals surface area contributed by atoms with E-state index in [1.54, 1.807) is 6.33 Å². The average molecular weight is 279 g/mol. The van der Waals surface area contributed by atoms with Crippen molar-refractivity contribution in [2.75, 3.05) is 0 Å². The minimum absolute atomic E-state index is 0.160. The molecule has 0 saturated heterocycles. The molecular weight excluding hydrogens is 260 g/mol. The standard InChI is InChI=1S/C14H19ClN4/c1-3-7-19-13(17-9-18-19)8-12(16)11-6-4-5-10(2)14(11)15/h4-6,9,12H,3,7-8,16H2,1-2H3. The molecule has 2 N–H and O–H groups in total. The number of hydrogen-bond donors (Lipinski definition) is 1. The lowest BCUT2D eigenvalue weighted by Crippen LogP contribution is -2.17. The number of nitrogens with two attached hydrogens (primary N) is 1. The Labute approximate surface area is 118 Å². The molecule has 1 aromatic carbocycles. The number of hydrogen-bond acceptors (Lipinski definition) is 3. The maximum Gasteiger partial charge on any atom is 0.138 e. The number of halogens is 1. The summed E-state index contributed by atoms with van der Waals surface area (Å²) in [7, 11) is 0. The summed E-state index contributed by atoms with van der Waals surface area (Å²) >= 11 is 6.31. The van der Waals surface area contributed by atoms with Gasteiger partial charge in [0.1, 0.15) is 12.2 Å². The van der Waals surface area contributed by atoms with Crippen LogP contribution in [0, 0.1) is 6.92 Å². The maximum absolute atomic E-state index is 6.31. The topological polar surface area (TPSA) is 56.7 Å². The van der Waals surface area contributed by atoms with Crippen LogP contribution in [0.4, 0.5) is 0 Å². The number of aryl methyl sites for hydroxylation is 2. The molecule has 0 spiro atoms. The molecule has 2 aromatic rings. The van der Waals surface area contributed by atoms with Crippen LogP contribution in [-0.4, -0.2) is 14.8 Å². The Bertz CT molecular complexity index is 550. The normalized spacial score (nSPS) is 12.6. The zero-order chi connectivity index (χ0) is 13.8. The van der Waals surface area contributed by atoms with E-state index in [1.165, 1.54) is 0 Å². The molecule has 0 bridgehead atoms. The molecule has 1 heterocycles. The fourth-order valence-electron chi connectivity index (χ4n) is 2.11. The van der Waals surface area contributed by atoms with Crippen molar-refractivity contribution in [2.45, 2.75) is 39.3 Å². The van der Waals surface area contributed by atoms with Gasteiger partial charge in [-0.05, 0) is 24.5 Å². The number of rotatable bonds is 5. The van der Waals surface area contributed by atoms with Crippen LogP contribution in [0.3, 0.4) is 0 Å². The van der Waals surface area contributed by atoms with E-state index in [9.17, 15) is 0 Å². The molecule has 0 aliphatic carbocycles. The van der Waals surface area contributed by atoms with Crippen molar-refractivity contribution in [1.82, 2.24) is 14.8 Å². The van der Waals surface area contributed by atoms with Gasteiger partial charge in [0.05, 0.1) is 0 Å². The van der Waals surface area contributed by atoms with Gasteiger partial charge in [-0.2, -0.15) is 5.10 Å². The smallest absolute Gasteiger partial charge is 0.138 e. The van der Waals surface area contributed by atoms with Crippen LogP contribution in [0.5, 0.6) is 0 Å². The van der Waals surface area contributed by atoms with Crippen LogP contribution in [0.15, 0.2) is 24.5 Å². The van der Waals surface area contributed by atoms with Crippen molar-refractivity contribution >= 4 is 11.6 Å². The molecule has 0 amide bonds. The molecule has 19 heavy (non-hydrogen) atoms. The third-order valence-electron chi connectivity index (χ3n) is 3.15. The van der Waals surface area contributed by atoms with Gasteiger partial charge in [-0.25, -0.2) is 4.98 Å².